The molecule has 114 valence electrons. The molecule has 3 aromatic rings. The van der Waals surface area contributed by atoms with Crippen LogP contribution in [-0.4, -0.2) is 9.97 Å². The van der Waals surface area contributed by atoms with Gasteiger partial charge >= 0.3 is 0 Å². The Morgan fingerprint density at radius 1 is 1.18 bits per heavy atom. The Labute approximate surface area is 130 Å². The molecule has 3 rings (SSSR count). The van der Waals surface area contributed by atoms with Gasteiger partial charge in [-0.1, -0.05) is 37.3 Å². The van der Waals surface area contributed by atoms with E-state index in [4.69, 9.17) is 4.42 Å². The molecule has 2 aromatic heterocycles. The molecule has 1 aromatic carbocycles. The molecule has 4 nitrogen and oxygen atoms in total. The fraction of sp³-hybridized carbons (Fsp3) is 0.278. The van der Waals surface area contributed by atoms with Crippen molar-refractivity contribution in [2.24, 2.45) is 0 Å². The highest BCUT2D eigenvalue weighted by atomic mass is 16.3. The van der Waals surface area contributed by atoms with Crippen molar-refractivity contribution in [1.82, 2.24) is 15.3 Å². The second-order valence-corrected chi connectivity index (χ2v) is 5.35. The van der Waals surface area contributed by atoms with Gasteiger partial charge in [-0.3, -0.25) is 5.32 Å². The molecule has 0 radical (unpaired) electrons. The maximum absolute atomic E-state index is 5.60. The maximum atomic E-state index is 5.60. The number of hydrogen-bond donors (Lipinski definition) is 2. The summed E-state index contributed by atoms with van der Waals surface area (Å²) in [5, 5.41) is 3.56. The summed E-state index contributed by atoms with van der Waals surface area (Å²) in [6, 6.07) is 14.3. The lowest BCUT2D eigenvalue weighted by Crippen LogP contribution is -2.22. The minimum Gasteiger partial charge on any atom is -0.467 e. The minimum atomic E-state index is 0.0253. The van der Waals surface area contributed by atoms with E-state index in [0.717, 1.165) is 29.4 Å². The van der Waals surface area contributed by atoms with E-state index < -0.39 is 0 Å². The van der Waals surface area contributed by atoms with Crippen LogP contribution in [0.2, 0.25) is 0 Å². The van der Waals surface area contributed by atoms with Crippen molar-refractivity contribution in [2.75, 3.05) is 0 Å². The van der Waals surface area contributed by atoms with Gasteiger partial charge in [0.1, 0.15) is 11.6 Å². The number of aromatic nitrogens is 2. The smallest absolute Gasteiger partial charge is 0.125 e. The van der Waals surface area contributed by atoms with E-state index in [-0.39, 0.29) is 6.04 Å². The van der Waals surface area contributed by atoms with E-state index in [1.165, 1.54) is 5.56 Å². The van der Waals surface area contributed by atoms with Crippen LogP contribution in [0.25, 0.3) is 0 Å². The van der Waals surface area contributed by atoms with Crippen molar-refractivity contribution in [3.8, 4) is 0 Å². The Morgan fingerprint density at radius 3 is 2.64 bits per heavy atom. The van der Waals surface area contributed by atoms with Crippen LogP contribution in [-0.2, 0) is 13.0 Å². The van der Waals surface area contributed by atoms with Crippen LogP contribution in [0.5, 0.6) is 0 Å². The first-order chi connectivity index (χ1) is 10.8. The summed E-state index contributed by atoms with van der Waals surface area (Å²) < 4.78 is 5.60. The highest BCUT2D eigenvalue weighted by Gasteiger charge is 2.17. The summed E-state index contributed by atoms with van der Waals surface area (Å²) in [7, 11) is 0. The fourth-order valence-corrected chi connectivity index (χ4v) is 2.59. The average Bonchev–Trinajstić information content (AvgIpc) is 3.19. The largest absolute Gasteiger partial charge is 0.467 e. The summed E-state index contributed by atoms with van der Waals surface area (Å²) >= 11 is 0. The van der Waals surface area contributed by atoms with Crippen LogP contribution < -0.4 is 5.32 Å². The molecule has 4 heteroatoms. The molecule has 0 saturated carbocycles. The summed E-state index contributed by atoms with van der Waals surface area (Å²) in [5.74, 6) is 1.94. The van der Waals surface area contributed by atoms with Crippen LogP contribution in [0.1, 0.15) is 41.5 Å². The number of furan rings is 1. The average molecular weight is 295 g/mol. The van der Waals surface area contributed by atoms with Gasteiger partial charge in [0.15, 0.2) is 0 Å². The van der Waals surface area contributed by atoms with E-state index in [0.29, 0.717) is 6.54 Å². The molecular formula is C18H21N3O. The molecule has 1 atom stereocenters. The zero-order valence-electron chi connectivity index (χ0n) is 13.0. The van der Waals surface area contributed by atoms with Gasteiger partial charge in [0, 0.05) is 18.7 Å². The Balaban J connectivity index is 1.80. The molecule has 0 aliphatic heterocycles. The van der Waals surface area contributed by atoms with Crippen LogP contribution in [0.15, 0.2) is 53.1 Å². The molecule has 0 aliphatic carbocycles. The maximum Gasteiger partial charge on any atom is 0.125 e. The second kappa shape index (κ2) is 6.62. The zero-order valence-corrected chi connectivity index (χ0v) is 13.0. The van der Waals surface area contributed by atoms with Gasteiger partial charge in [0.2, 0.25) is 0 Å². The van der Waals surface area contributed by atoms with Crippen molar-refractivity contribution in [3.05, 3.63) is 77.3 Å². The molecule has 0 saturated heterocycles. The first-order valence-corrected chi connectivity index (χ1v) is 7.64. The summed E-state index contributed by atoms with van der Waals surface area (Å²) in [4.78, 5) is 7.94. The summed E-state index contributed by atoms with van der Waals surface area (Å²) in [6.45, 7) is 4.86. The quantitative estimate of drug-likeness (QED) is 0.728. The number of imidazole rings is 1. The SMILES string of the molecule is CCc1nc(CNC(c2ccccc2)c2ccco2)c(C)[nH]1. The lowest BCUT2D eigenvalue weighted by atomic mass is 10.0. The number of aromatic amines is 1. The zero-order chi connectivity index (χ0) is 15.4. The van der Waals surface area contributed by atoms with E-state index in [9.17, 15) is 0 Å². The number of nitrogens with zero attached hydrogens (tertiary/aromatic N) is 1. The standard InChI is InChI=1S/C18H21N3O/c1-3-17-20-13(2)15(21-17)12-19-18(16-10-7-11-22-16)14-8-5-4-6-9-14/h4-11,18-19H,3,12H2,1-2H3,(H,20,21). The molecule has 0 bridgehead atoms. The van der Waals surface area contributed by atoms with Gasteiger partial charge in [-0.25, -0.2) is 4.98 Å². The Hall–Kier alpha value is -2.33. The molecule has 1 unspecified atom stereocenters. The number of hydrogen-bond acceptors (Lipinski definition) is 3. The minimum absolute atomic E-state index is 0.0253. The van der Waals surface area contributed by atoms with Crippen LogP contribution in [0.3, 0.4) is 0 Å². The van der Waals surface area contributed by atoms with Crippen LogP contribution in [0.4, 0.5) is 0 Å². The first kappa shape index (κ1) is 14.6. The Morgan fingerprint density at radius 2 is 2.00 bits per heavy atom. The molecule has 2 N–H and O–H groups in total. The lowest BCUT2D eigenvalue weighted by molar-refractivity contribution is 0.444. The van der Waals surface area contributed by atoms with Crippen molar-refractivity contribution >= 4 is 0 Å². The van der Waals surface area contributed by atoms with E-state index in [2.05, 4.69) is 41.3 Å². The third-order valence-corrected chi connectivity index (χ3v) is 3.80. The Kier molecular flexibility index (Phi) is 4.39. The molecule has 0 aliphatic rings. The summed E-state index contributed by atoms with van der Waals surface area (Å²) in [6.07, 6.45) is 2.63. The van der Waals surface area contributed by atoms with Crippen molar-refractivity contribution in [3.63, 3.8) is 0 Å². The lowest BCUT2D eigenvalue weighted by Gasteiger charge is -2.16. The number of rotatable bonds is 6. The number of aryl methyl sites for hydroxylation is 2. The van der Waals surface area contributed by atoms with Crippen LogP contribution >= 0.6 is 0 Å². The number of benzene rings is 1. The first-order valence-electron chi connectivity index (χ1n) is 7.64. The molecular weight excluding hydrogens is 274 g/mol. The van der Waals surface area contributed by atoms with Crippen molar-refractivity contribution in [1.29, 1.82) is 0 Å². The molecule has 0 spiro atoms. The highest BCUT2D eigenvalue weighted by Crippen LogP contribution is 2.23. The second-order valence-electron chi connectivity index (χ2n) is 5.35. The van der Waals surface area contributed by atoms with E-state index in [1.807, 2.05) is 30.3 Å². The van der Waals surface area contributed by atoms with Gasteiger partial charge in [-0.05, 0) is 24.6 Å². The predicted octanol–water partition coefficient (Wildman–Crippen LogP) is 3.75. The highest BCUT2D eigenvalue weighted by molar-refractivity contribution is 5.26. The molecule has 0 fully saturated rings. The van der Waals surface area contributed by atoms with Gasteiger partial charge in [0.25, 0.3) is 0 Å². The Bertz CT molecular complexity index is 701. The van der Waals surface area contributed by atoms with Crippen molar-refractivity contribution < 1.29 is 4.42 Å². The number of nitrogens with one attached hydrogen (secondary N) is 2. The van der Waals surface area contributed by atoms with Crippen LogP contribution in [0, 0.1) is 6.92 Å². The van der Waals surface area contributed by atoms with Gasteiger partial charge in [-0.15, -0.1) is 0 Å². The molecule has 22 heavy (non-hydrogen) atoms. The topological polar surface area (TPSA) is 53.9 Å². The molecule has 2 heterocycles. The number of H-pyrrole nitrogens is 1. The normalized spacial score (nSPS) is 12.5. The third kappa shape index (κ3) is 3.12. The van der Waals surface area contributed by atoms with Crippen molar-refractivity contribution in [2.45, 2.75) is 32.9 Å². The summed E-state index contributed by atoms with van der Waals surface area (Å²) in [5.41, 5.74) is 3.36. The fourth-order valence-electron chi connectivity index (χ4n) is 2.59. The van der Waals surface area contributed by atoms with Gasteiger partial charge in [0.05, 0.1) is 18.0 Å². The van der Waals surface area contributed by atoms with Gasteiger partial charge in [-0.2, -0.15) is 0 Å². The monoisotopic (exact) mass is 295 g/mol. The van der Waals surface area contributed by atoms with E-state index in [1.54, 1.807) is 6.26 Å². The van der Waals surface area contributed by atoms with Gasteiger partial charge < -0.3 is 9.40 Å². The molecule has 0 amide bonds. The predicted molar refractivity (Wildman–Crippen MR) is 86.5 cm³/mol. The third-order valence-electron chi connectivity index (χ3n) is 3.80. The van der Waals surface area contributed by atoms with E-state index >= 15 is 0 Å².